The zero-order valence-electron chi connectivity index (χ0n) is 25.6. The molecular formula is C35H28ClFN6O5. The second kappa shape index (κ2) is 13.5. The lowest BCUT2D eigenvalue weighted by Gasteiger charge is -2.37. The zero-order valence-corrected chi connectivity index (χ0v) is 26.3. The lowest BCUT2D eigenvalue weighted by atomic mass is 9.84. The number of pyridine rings is 1. The first-order valence-electron chi connectivity index (χ1n) is 14.9. The molecule has 48 heavy (non-hydrogen) atoms. The van der Waals surface area contributed by atoms with Crippen LogP contribution in [0.5, 0.6) is 0 Å². The fourth-order valence-corrected chi connectivity index (χ4v) is 6.03. The Kier molecular flexibility index (Phi) is 9.08. The van der Waals surface area contributed by atoms with Crippen molar-refractivity contribution in [3.05, 3.63) is 130 Å². The average molecular weight is 667 g/mol. The molecule has 3 heterocycles. The molecule has 0 fully saturated rings. The Morgan fingerprint density at radius 2 is 1.69 bits per heavy atom. The smallest absolute Gasteiger partial charge is 0.307 e. The molecule has 11 nitrogen and oxygen atoms in total. The van der Waals surface area contributed by atoms with Gasteiger partial charge in [-0.1, -0.05) is 71.4 Å². The molecule has 1 aliphatic heterocycles. The predicted octanol–water partition coefficient (Wildman–Crippen LogP) is 4.66. The second-order valence-corrected chi connectivity index (χ2v) is 11.6. The first-order chi connectivity index (χ1) is 23.1. The highest BCUT2D eigenvalue weighted by atomic mass is 35.5. The molecular weight excluding hydrogens is 639 g/mol. The molecule has 0 saturated heterocycles. The standard InChI is InChI=1S/C35H28ClFN6O5/c1-38-34(47)27-13-12-22(18-39-27)23-4-2-5-25-24(23)14-15-42(33(25)30(44)16-20-8-10-21(11-9-20)17-31(45)46)35(48)28-19-43(41-40-28)29-7-3-6-26(36)32(29)37/h2-13,18-19,33H,14-17H2,1H3,(H,38,47)(H,45,46). The number of hydrogen-bond donors (Lipinski definition) is 2. The van der Waals surface area contributed by atoms with Crippen molar-refractivity contribution >= 4 is 35.2 Å². The maximum Gasteiger partial charge on any atom is 0.307 e. The molecule has 1 aliphatic rings. The van der Waals surface area contributed by atoms with Crippen molar-refractivity contribution in [3.63, 3.8) is 0 Å². The quantitative estimate of drug-likeness (QED) is 0.231. The van der Waals surface area contributed by atoms with Gasteiger partial charge in [-0.2, -0.15) is 0 Å². The highest BCUT2D eigenvalue weighted by Crippen LogP contribution is 2.38. The number of ketones is 1. The molecule has 0 bridgehead atoms. The van der Waals surface area contributed by atoms with E-state index in [0.717, 1.165) is 21.4 Å². The van der Waals surface area contributed by atoms with Gasteiger partial charge in [-0.05, 0) is 52.4 Å². The Hall–Kier alpha value is -5.75. The van der Waals surface area contributed by atoms with Crippen molar-refractivity contribution in [2.75, 3.05) is 13.6 Å². The van der Waals surface area contributed by atoms with E-state index in [1.165, 1.54) is 30.3 Å². The van der Waals surface area contributed by atoms with Crippen LogP contribution < -0.4 is 5.32 Å². The summed E-state index contributed by atoms with van der Waals surface area (Å²) in [5, 5.41) is 19.5. The van der Waals surface area contributed by atoms with E-state index in [4.69, 9.17) is 16.7 Å². The van der Waals surface area contributed by atoms with Crippen LogP contribution in [0.1, 0.15) is 49.3 Å². The Morgan fingerprint density at radius 1 is 0.958 bits per heavy atom. The Bertz CT molecular complexity index is 2050. The molecule has 2 amide bonds. The van der Waals surface area contributed by atoms with Crippen LogP contribution in [-0.2, 0) is 28.9 Å². The molecule has 2 aromatic heterocycles. The topological polar surface area (TPSA) is 147 Å². The summed E-state index contributed by atoms with van der Waals surface area (Å²) in [5.74, 6) is -2.83. The van der Waals surface area contributed by atoms with Gasteiger partial charge >= 0.3 is 5.97 Å². The molecule has 6 rings (SSSR count). The largest absolute Gasteiger partial charge is 0.481 e. The summed E-state index contributed by atoms with van der Waals surface area (Å²) in [4.78, 5) is 57.2. The number of hydrogen-bond acceptors (Lipinski definition) is 7. The molecule has 1 unspecified atom stereocenters. The van der Waals surface area contributed by atoms with Crippen LogP contribution in [-0.4, -0.2) is 67.1 Å². The first-order valence-corrected chi connectivity index (χ1v) is 15.3. The molecule has 0 radical (unpaired) electrons. The lowest BCUT2D eigenvalue weighted by Crippen LogP contribution is -2.44. The normalized spacial score (nSPS) is 13.9. The van der Waals surface area contributed by atoms with Crippen molar-refractivity contribution in [2.24, 2.45) is 0 Å². The molecule has 0 spiro atoms. The third-order valence-electron chi connectivity index (χ3n) is 8.17. The summed E-state index contributed by atoms with van der Waals surface area (Å²) < 4.78 is 15.8. The van der Waals surface area contributed by atoms with Gasteiger partial charge in [-0.3, -0.25) is 24.2 Å². The van der Waals surface area contributed by atoms with Gasteiger partial charge in [-0.25, -0.2) is 9.07 Å². The predicted molar refractivity (Wildman–Crippen MR) is 173 cm³/mol. The number of rotatable bonds is 9. The number of aliphatic carboxylic acids is 1. The van der Waals surface area contributed by atoms with E-state index in [-0.39, 0.29) is 53.2 Å². The van der Waals surface area contributed by atoms with E-state index in [1.54, 1.807) is 60.8 Å². The molecule has 1 atom stereocenters. The fourth-order valence-electron chi connectivity index (χ4n) is 5.86. The number of fused-ring (bicyclic) bond motifs is 1. The number of carboxylic acids is 1. The highest BCUT2D eigenvalue weighted by Gasteiger charge is 2.38. The van der Waals surface area contributed by atoms with Crippen molar-refractivity contribution in [1.29, 1.82) is 0 Å². The van der Waals surface area contributed by atoms with E-state index in [2.05, 4.69) is 20.6 Å². The molecule has 3 aromatic carbocycles. The highest BCUT2D eigenvalue weighted by molar-refractivity contribution is 6.30. The number of Topliss-reactive ketones (excluding diaryl/α,β-unsaturated/α-hetero) is 1. The van der Waals surface area contributed by atoms with Crippen LogP contribution in [0, 0.1) is 5.82 Å². The van der Waals surface area contributed by atoms with Gasteiger partial charge < -0.3 is 15.3 Å². The lowest BCUT2D eigenvalue weighted by molar-refractivity contribution is -0.136. The Labute approximate surface area is 279 Å². The zero-order chi connectivity index (χ0) is 33.9. The number of halogens is 2. The number of carbonyl (C=O) groups is 4. The van der Waals surface area contributed by atoms with E-state index in [0.29, 0.717) is 23.1 Å². The maximum atomic E-state index is 14.7. The Balaban J connectivity index is 1.37. The SMILES string of the molecule is CNC(=O)c1ccc(-c2cccc3c2CCN(C(=O)c2cn(-c4cccc(Cl)c4F)nn2)C3C(=O)Cc2ccc(CC(=O)O)cc2)cn1. The van der Waals surface area contributed by atoms with Crippen LogP contribution in [0.15, 0.2) is 85.2 Å². The first kappa shape index (κ1) is 32.2. The number of carboxylic acid groups (broad SMARTS) is 1. The molecule has 2 N–H and O–H groups in total. The van der Waals surface area contributed by atoms with E-state index in [1.807, 2.05) is 6.07 Å². The van der Waals surface area contributed by atoms with Gasteiger partial charge in [0.15, 0.2) is 17.3 Å². The minimum Gasteiger partial charge on any atom is -0.481 e. The van der Waals surface area contributed by atoms with Crippen LogP contribution >= 0.6 is 11.6 Å². The van der Waals surface area contributed by atoms with Crippen molar-refractivity contribution < 1.29 is 28.7 Å². The maximum absolute atomic E-state index is 14.7. The van der Waals surface area contributed by atoms with E-state index in [9.17, 15) is 23.6 Å². The summed E-state index contributed by atoms with van der Waals surface area (Å²) in [6.45, 7) is 0.166. The van der Waals surface area contributed by atoms with Crippen molar-refractivity contribution in [1.82, 2.24) is 30.2 Å². The van der Waals surface area contributed by atoms with Crippen molar-refractivity contribution in [3.8, 4) is 16.8 Å². The number of nitrogens with zero attached hydrogens (tertiary/aromatic N) is 5. The Morgan fingerprint density at radius 3 is 2.38 bits per heavy atom. The van der Waals surface area contributed by atoms with Crippen molar-refractivity contribution in [2.45, 2.75) is 25.3 Å². The number of aromatic nitrogens is 4. The van der Waals surface area contributed by atoms with Gasteiger partial charge in [0.1, 0.15) is 17.4 Å². The molecule has 0 saturated carbocycles. The van der Waals surface area contributed by atoms with Crippen LogP contribution in [0.3, 0.4) is 0 Å². The monoisotopic (exact) mass is 666 g/mol. The molecule has 5 aromatic rings. The summed E-state index contributed by atoms with van der Waals surface area (Å²) in [6, 6.07) is 19.0. The summed E-state index contributed by atoms with van der Waals surface area (Å²) in [5.41, 5.74) is 4.48. The van der Waals surface area contributed by atoms with Gasteiger partial charge in [-0.15, -0.1) is 5.10 Å². The summed E-state index contributed by atoms with van der Waals surface area (Å²) in [6.07, 6.45) is 3.12. The van der Waals surface area contributed by atoms with Gasteiger partial charge in [0.2, 0.25) is 0 Å². The third kappa shape index (κ3) is 6.42. The van der Waals surface area contributed by atoms with Crippen LogP contribution in [0.4, 0.5) is 4.39 Å². The molecule has 242 valence electrons. The minimum absolute atomic E-state index is 0.0118. The van der Waals surface area contributed by atoms with Crippen LogP contribution in [0.25, 0.3) is 16.8 Å². The fraction of sp³-hybridized carbons (Fsp3) is 0.171. The summed E-state index contributed by atoms with van der Waals surface area (Å²) >= 11 is 5.94. The molecule has 13 heteroatoms. The molecule has 0 aliphatic carbocycles. The second-order valence-electron chi connectivity index (χ2n) is 11.2. The van der Waals surface area contributed by atoms with Gasteiger partial charge in [0.05, 0.1) is 17.6 Å². The number of benzene rings is 3. The summed E-state index contributed by atoms with van der Waals surface area (Å²) in [7, 11) is 1.52. The minimum atomic E-state index is -1.01. The number of nitrogens with one attached hydrogen (secondary N) is 1. The van der Waals surface area contributed by atoms with Crippen LogP contribution in [0.2, 0.25) is 5.02 Å². The average Bonchev–Trinajstić information content (AvgIpc) is 3.59. The van der Waals surface area contributed by atoms with E-state index < -0.39 is 23.7 Å². The van der Waals surface area contributed by atoms with E-state index >= 15 is 0 Å². The number of amides is 2. The number of carbonyl (C=O) groups excluding carboxylic acids is 3. The van der Waals surface area contributed by atoms with Gasteiger partial charge in [0.25, 0.3) is 11.8 Å². The van der Waals surface area contributed by atoms with Gasteiger partial charge in [0, 0.05) is 31.8 Å². The third-order valence-corrected chi connectivity index (χ3v) is 8.46.